The lowest BCUT2D eigenvalue weighted by Crippen LogP contribution is -2.06. The maximum Gasteiger partial charge on any atom is 0.146 e. The summed E-state index contributed by atoms with van der Waals surface area (Å²) in [7, 11) is 0. The van der Waals surface area contributed by atoms with Crippen molar-refractivity contribution in [2.24, 2.45) is 5.73 Å². The van der Waals surface area contributed by atoms with Crippen LogP contribution in [0.5, 0.6) is 11.5 Å². The Morgan fingerprint density at radius 1 is 0.946 bits per heavy atom. The van der Waals surface area contributed by atoms with Crippen LogP contribution >= 0.6 is 0 Å². The zero-order chi connectivity index (χ0) is 25.6. The second kappa shape index (κ2) is 11.5. The molecule has 0 atom stereocenters. The molecule has 7 heteroatoms. The van der Waals surface area contributed by atoms with Crippen LogP contribution in [0.4, 0.5) is 0 Å². The van der Waals surface area contributed by atoms with Gasteiger partial charge in [0.25, 0.3) is 0 Å². The Morgan fingerprint density at radius 3 is 2.73 bits per heavy atom. The number of benzene rings is 2. The quantitative estimate of drug-likeness (QED) is 0.196. The van der Waals surface area contributed by atoms with Crippen molar-refractivity contribution in [2.45, 2.75) is 46.4 Å². The van der Waals surface area contributed by atoms with E-state index in [1.165, 1.54) is 0 Å². The van der Waals surface area contributed by atoms with Gasteiger partial charge in [0.05, 0.1) is 12.0 Å². The first-order valence-electron chi connectivity index (χ1n) is 12.7. The average molecular weight is 501 g/mol. The van der Waals surface area contributed by atoms with Gasteiger partial charge in [-0.2, -0.15) is 0 Å². The van der Waals surface area contributed by atoms with Crippen molar-refractivity contribution in [1.29, 1.82) is 0 Å². The fourth-order valence-corrected chi connectivity index (χ4v) is 4.47. The van der Waals surface area contributed by atoms with E-state index in [4.69, 9.17) is 28.8 Å². The third-order valence-electron chi connectivity index (χ3n) is 6.39. The monoisotopic (exact) mass is 500 g/mol. The number of hydrogen-bond donors (Lipinski definition) is 1. The van der Waals surface area contributed by atoms with Crippen molar-refractivity contribution in [1.82, 2.24) is 4.98 Å². The van der Waals surface area contributed by atoms with E-state index in [1.807, 2.05) is 74.6 Å². The topological polar surface area (TPSA) is 92.9 Å². The predicted molar refractivity (Wildman–Crippen MR) is 143 cm³/mol. The van der Waals surface area contributed by atoms with Crippen LogP contribution in [0.15, 0.2) is 69.6 Å². The summed E-state index contributed by atoms with van der Waals surface area (Å²) < 4.78 is 29.7. The highest BCUT2D eigenvalue weighted by atomic mass is 16.5. The van der Waals surface area contributed by atoms with Gasteiger partial charge in [-0.05, 0) is 74.7 Å². The van der Waals surface area contributed by atoms with Crippen LogP contribution in [0.2, 0.25) is 0 Å². The van der Waals surface area contributed by atoms with E-state index >= 15 is 0 Å². The number of ether oxygens (including phenoxy) is 3. The number of aromatic nitrogens is 1. The first-order chi connectivity index (χ1) is 18.2. The SMILES string of the molecule is CCOCc1cc2cc(OCc3oc4cccc(OCCCc5ncccc5CN)c4c3C)ccc2o1. The molecule has 0 amide bonds. The number of hydrogen-bond acceptors (Lipinski definition) is 7. The van der Waals surface area contributed by atoms with Gasteiger partial charge in [0.2, 0.25) is 0 Å². The van der Waals surface area contributed by atoms with Crippen LogP contribution in [0.3, 0.4) is 0 Å². The van der Waals surface area contributed by atoms with Gasteiger partial charge in [0.1, 0.15) is 47.4 Å². The van der Waals surface area contributed by atoms with E-state index in [9.17, 15) is 0 Å². The molecule has 5 aromatic rings. The van der Waals surface area contributed by atoms with E-state index in [2.05, 4.69) is 4.98 Å². The Labute approximate surface area is 216 Å². The van der Waals surface area contributed by atoms with Crippen LogP contribution in [-0.2, 0) is 30.9 Å². The second-order valence-electron chi connectivity index (χ2n) is 8.88. The number of aryl methyl sites for hydroxylation is 2. The van der Waals surface area contributed by atoms with Gasteiger partial charge in [0.15, 0.2) is 0 Å². The van der Waals surface area contributed by atoms with E-state index in [-0.39, 0.29) is 0 Å². The van der Waals surface area contributed by atoms with Gasteiger partial charge in [0, 0.05) is 36.0 Å². The Kier molecular flexibility index (Phi) is 7.73. The van der Waals surface area contributed by atoms with Gasteiger partial charge in [-0.1, -0.05) is 12.1 Å². The van der Waals surface area contributed by atoms with Gasteiger partial charge in [-0.3, -0.25) is 4.98 Å². The molecule has 2 N–H and O–H groups in total. The first-order valence-corrected chi connectivity index (χ1v) is 12.7. The Balaban J connectivity index is 1.24. The maximum atomic E-state index is 6.17. The van der Waals surface area contributed by atoms with Crippen LogP contribution in [-0.4, -0.2) is 18.2 Å². The molecule has 0 aliphatic heterocycles. The molecule has 3 aromatic heterocycles. The van der Waals surface area contributed by atoms with Crippen molar-refractivity contribution >= 4 is 21.9 Å². The van der Waals surface area contributed by atoms with Crippen LogP contribution in [0.25, 0.3) is 21.9 Å². The molecule has 0 aliphatic carbocycles. The van der Waals surface area contributed by atoms with Crippen molar-refractivity contribution in [3.63, 3.8) is 0 Å². The Morgan fingerprint density at radius 2 is 1.86 bits per heavy atom. The number of nitrogens with two attached hydrogens (primary N) is 1. The average Bonchev–Trinajstić information content (AvgIpc) is 3.49. The van der Waals surface area contributed by atoms with Gasteiger partial charge < -0.3 is 28.8 Å². The summed E-state index contributed by atoms with van der Waals surface area (Å²) in [6.45, 7) is 6.50. The largest absolute Gasteiger partial charge is 0.493 e. The van der Waals surface area contributed by atoms with Gasteiger partial charge >= 0.3 is 0 Å². The molecule has 0 saturated carbocycles. The maximum absolute atomic E-state index is 6.17. The molecule has 3 heterocycles. The molecular weight excluding hydrogens is 468 g/mol. The third-order valence-corrected chi connectivity index (χ3v) is 6.39. The highest BCUT2D eigenvalue weighted by Gasteiger charge is 2.16. The summed E-state index contributed by atoms with van der Waals surface area (Å²) in [5, 5.41) is 1.96. The number of fused-ring (bicyclic) bond motifs is 2. The molecule has 0 aliphatic rings. The molecule has 0 spiro atoms. The van der Waals surface area contributed by atoms with Crippen LogP contribution in [0, 0.1) is 6.92 Å². The van der Waals surface area contributed by atoms with E-state index in [0.29, 0.717) is 33.0 Å². The molecule has 0 saturated heterocycles. The summed E-state index contributed by atoms with van der Waals surface area (Å²) in [5.41, 5.74) is 10.6. The normalized spacial score (nSPS) is 11.4. The van der Waals surface area contributed by atoms with Gasteiger partial charge in [-0.15, -0.1) is 0 Å². The Hall–Kier alpha value is -3.81. The Bertz CT molecular complexity index is 1490. The lowest BCUT2D eigenvalue weighted by atomic mass is 10.1. The summed E-state index contributed by atoms with van der Waals surface area (Å²) >= 11 is 0. The van der Waals surface area contributed by atoms with E-state index in [1.54, 1.807) is 0 Å². The van der Waals surface area contributed by atoms with Crippen LogP contribution in [0.1, 0.15) is 41.7 Å². The molecule has 2 aromatic carbocycles. The second-order valence-corrected chi connectivity index (χ2v) is 8.88. The van der Waals surface area contributed by atoms with E-state index < -0.39 is 0 Å². The lowest BCUT2D eigenvalue weighted by Gasteiger charge is -2.09. The van der Waals surface area contributed by atoms with Gasteiger partial charge in [-0.25, -0.2) is 0 Å². The van der Waals surface area contributed by atoms with Crippen molar-refractivity contribution in [2.75, 3.05) is 13.2 Å². The zero-order valence-electron chi connectivity index (χ0n) is 21.3. The molecule has 5 rings (SSSR count). The molecule has 0 radical (unpaired) electrons. The van der Waals surface area contributed by atoms with Crippen molar-refractivity contribution < 1.29 is 23.0 Å². The minimum atomic E-state index is 0.316. The third kappa shape index (κ3) is 5.63. The fourth-order valence-electron chi connectivity index (χ4n) is 4.47. The minimum Gasteiger partial charge on any atom is -0.493 e. The van der Waals surface area contributed by atoms with E-state index in [0.717, 1.165) is 74.6 Å². The number of furan rings is 2. The summed E-state index contributed by atoms with van der Waals surface area (Å²) in [5.74, 6) is 3.14. The summed E-state index contributed by atoms with van der Waals surface area (Å²) in [6.07, 6.45) is 3.47. The highest BCUT2D eigenvalue weighted by Crippen LogP contribution is 2.34. The zero-order valence-corrected chi connectivity index (χ0v) is 21.3. The molecule has 7 nitrogen and oxygen atoms in total. The highest BCUT2D eigenvalue weighted by molar-refractivity contribution is 5.88. The first kappa shape index (κ1) is 24.9. The number of rotatable bonds is 12. The smallest absolute Gasteiger partial charge is 0.146 e. The molecule has 37 heavy (non-hydrogen) atoms. The summed E-state index contributed by atoms with van der Waals surface area (Å²) in [4.78, 5) is 4.46. The molecular formula is C30H32N2O5. The number of pyridine rings is 1. The van der Waals surface area contributed by atoms with Crippen LogP contribution < -0.4 is 15.2 Å². The standard InChI is InChI=1S/C30H32N2O5/c1-3-33-18-24-16-22-15-23(11-12-26(22)36-24)35-19-29-20(2)30-27(9-4-10-28(30)37-29)34-14-6-8-25-21(17-31)7-5-13-32-25/h4-5,7,9-13,15-16H,3,6,8,14,17-19,31H2,1-2H3. The molecule has 0 bridgehead atoms. The van der Waals surface area contributed by atoms with Crippen molar-refractivity contribution in [3.8, 4) is 11.5 Å². The fraction of sp³-hybridized carbons (Fsp3) is 0.300. The number of nitrogens with zero attached hydrogens (tertiary/aromatic N) is 1. The molecule has 192 valence electrons. The van der Waals surface area contributed by atoms with Crippen molar-refractivity contribution in [3.05, 3.63) is 89.1 Å². The summed E-state index contributed by atoms with van der Waals surface area (Å²) in [6, 6.07) is 17.6. The minimum absolute atomic E-state index is 0.316. The predicted octanol–water partition coefficient (Wildman–Crippen LogP) is 6.47. The molecule has 0 unspecified atom stereocenters. The molecule has 0 fully saturated rings. The lowest BCUT2D eigenvalue weighted by molar-refractivity contribution is 0.119.